The standard InChI is InChI=1S/C21H23FN6O2/c1-4-21(5-2,19-26-27-20(23)30-19)14-7-8-16(25-18(14)29)12-9-15(22)13-11-24-28(6-3)17(13)10-12/h7-11H,4-6H2,1-3H3,(H2,23,27)(H,25,29). The zero-order valence-electron chi connectivity index (χ0n) is 17.1. The molecule has 4 rings (SSSR count). The first-order chi connectivity index (χ1) is 14.4. The second kappa shape index (κ2) is 7.40. The van der Waals surface area contributed by atoms with E-state index >= 15 is 0 Å². The molecule has 0 bridgehead atoms. The number of nitrogens with two attached hydrogens (primary N) is 1. The summed E-state index contributed by atoms with van der Waals surface area (Å²) in [7, 11) is 0. The fourth-order valence-corrected chi connectivity index (χ4v) is 4.04. The highest BCUT2D eigenvalue weighted by Gasteiger charge is 2.38. The molecular weight excluding hydrogens is 387 g/mol. The van der Waals surface area contributed by atoms with E-state index in [0.717, 1.165) is 0 Å². The number of aryl methyl sites for hydroxylation is 1. The van der Waals surface area contributed by atoms with E-state index in [-0.39, 0.29) is 17.4 Å². The van der Waals surface area contributed by atoms with Crippen LogP contribution in [0.3, 0.4) is 0 Å². The molecule has 0 saturated heterocycles. The highest BCUT2D eigenvalue weighted by Crippen LogP contribution is 2.37. The number of anilines is 1. The van der Waals surface area contributed by atoms with Crippen LogP contribution < -0.4 is 11.3 Å². The molecule has 0 saturated carbocycles. The van der Waals surface area contributed by atoms with E-state index in [1.165, 1.54) is 12.3 Å². The SMILES string of the molecule is CCn1ncc2c(F)cc(-c3ccc(C(CC)(CC)c4nnc(N)o4)c(=O)[nH]3)cc21. The molecule has 3 N–H and O–H groups in total. The molecule has 156 valence electrons. The van der Waals surface area contributed by atoms with Gasteiger partial charge in [-0.25, -0.2) is 4.39 Å². The van der Waals surface area contributed by atoms with Crippen LogP contribution in [0.15, 0.2) is 39.7 Å². The summed E-state index contributed by atoms with van der Waals surface area (Å²) >= 11 is 0. The average molecular weight is 410 g/mol. The molecule has 4 aromatic rings. The first-order valence-corrected chi connectivity index (χ1v) is 9.92. The van der Waals surface area contributed by atoms with Gasteiger partial charge in [0.2, 0.25) is 5.89 Å². The normalized spacial score (nSPS) is 12.0. The molecule has 9 heteroatoms. The minimum atomic E-state index is -0.757. The van der Waals surface area contributed by atoms with Gasteiger partial charge in [-0.05, 0) is 38.0 Å². The van der Waals surface area contributed by atoms with Gasteiger partial charge in [-0.1, -0.05) is 25.0 Å². The van der Waals surface area contributed by atoms with Crippen LogP contribution in [-0.4, -0.2) is 25.0 Å². The van der Waals surface area contributed by atoms with Crippen molar-refractivity contribution < 1.29 is 8.81 Å². The van der Waals surface area contributed by atoms with Gasteiger partial charge < -0.3 is 15.1 Å². The number of nitrogens with zero attached hydrogens (tertiary/aromatic N) is 4. The van der Waals surface area contributed by atoms with E-state index in [2.05, 4.69) is 20.3 Å². The summed E-state index contributed by atoms with van der Waals surface area (Å²) in [5.41, 5.74) is 6.81. The second-order valence-corrected chi connectivity index (χ2v) is 7.20. The highest BCUT2D eigenvalue weighted by molar-refractivity contribution is 5.84. The molecular formula is C21H23FN6O2. The molecule has 0 aliphatic carbocycles. The Balaban J connectivity index is 1.84. The molecule has 0 aliphatic rings. The number of hydrogen-bond acceptors (Lipinski definition) is 6. The molecule has 0 spiro atoms. The van der Waals surface area contributed by atoms with Gasteiger partial charge in [-0.15, -0.1) is 5.10 Å². The first-order valence-electron chi connectivity index (χ1n) is 9.92. The van der Waals surface area contributed by atoms with Gasteiger partial charge in [0.05, 0.1) is 22.5 Å². The maximum absolute atomic E-state index is 14.6. The van der Waals surface area contributed by atoms with Crippen molar-refractivity contribution in [3.63, 3.8) is 0 Å². The number of H-pyrrole nitrogens is 1. The number of pyridine rings is 1. The van der Waals surface area contributed by atoms with E-state index in [4.69, 9.17) is 10.2 Å². The Morgan fingerprint density at radius 1 is 1.20 bits per heavy atom. The predicted octanol–water partition coefficient (Wildman–Crippen LogP) is 3.62. The Hall–Kier alpha value is -3.49. The largest absolute Gasteiger partial charge is 0.407 e. The van der Waals surface area contributed by atoms with Gasteiger partial charge in [0.1, 0.15) is 5.82 Å². The Kier molecular flexibility index (Phi) is 4.89. The van der Waals surface area contributed by atoms with Gasteiger partial charge in [-0.3, -0.25) is 9.48 Å². The van der Waals surface area contributed by atoms with E-state index in [9.17, 15) is 9.18 Å². The summed E-state index contributed by atoms with van der Waals surface area (Å²) in [5, 5.41) is 12.4. The summed E-state index contributed by atoms with van der Waals surface area (Å²) in [5.74, 6) is -0.0764. The van der Waals surface area contributed by atoms with E-state index in [0.29, 0.717) is 53.0 Å². The maximum atomic E-state index is 14.6. The maximum Gasteiger partial charge on any atom is 0.312 e. The molecule has 1 aromatic carbocycles. The quantitative estimate of drug-likeness (QED) is 0.502. The Labute approximate surface area is 171 Å². The van der Waals surface area contributed by atoms with Crippen molar-refractivity contribution in [2.45, 2.75) is 45.6 Å². The van der Waals surface area contributed by atoms with Crippen LogP contribution in [-0.2, 0) is 12.0 Å². The monoisotopic (exact) mass is 410 g/mol. The number of fused-ring (bicyclic) bond motifs is 1. The summed E-state index contributed by atoms with van der Waals surface area (Å²) < 4.78 is 21.8. The number of benzene rings is 1. The lowest BCUT2D eigenvalue weighted by molar-refractivity contribution is 0.353. The van der Waals surface area contributed by atoms with Crippen molar-refractivity contribution in [1.82, 2.24) is 25.0 Å². The first kappa shape index (κ1) is 19.8. The number of nitrogens with one attached hydrogen (secondary N) is 1. The third-order valence-electron chi connectivity index (χ3n) is 5.80. The van der Waals surface area contributed by atoms with E-state index in [1.54, 1.807) is 16.8 Å². The third-order valence-corrected chi connectivity index (χ3v) is 5.80. The van der Waals surface area contributed by atoms with Gasteiger partial charge in [0.25, 0.3) is 5.56 Å². The lowest BCUT2D eigenvalue weighted by atomic mass is 9.76. The Morgan fingerprint density at radius 2 is 1.97 bits per heavy atom. The van der Waals surface area contributed by atoms with Crippen molar-refractivity contribution in [3.05, 3.63) is 58.1 Å². The molecule has 0 atom stereocenters. The minimum absolute atomic E-state index is 0.0411. The Bertz CT molecular complexity index is 1270. The number of halogens is 1. The molecule has 0 amide bonds. The number of rotatable bonds is 6. The van der Waals surface area contributed by atoms with Crippen LogP contribution >= 0.6 is 0 Å². The zero-order chi connectivity index (χ0) is 21.5. The molecule has 0 radical (unpaired) electrons. The second-order valence-electron chi connectivity index (χ2n) is 7.20. The van der Waals surface area contributed by atoms with Gasteiger partial charge in [-0.2, -0.15) is 5.10 Å². The van der Waals surface area contributed by atoms with E-state index in [1.807, 2.05) is 26.8 Å². The number of nitrogen functional groups attached to an aromatic ring is 1. The fraction of sp³-hybridized carbons (Fsp3) is 0.333. The van der Waals surface area contributed by atoms with Crippen molar-refractivity contribution in [2.24, 2.45) is 0 Å². The predicted molar refractivity (Wildman–Crippen MR) is 111 cm³/mol. The molecule has 3 aromatic heterocycles. The van der Waals surface area contributed by atoms with Gasteiger partial charge in [0, 0.05) is 23.4 Å². The highest BCUT2D eigenvalue weighted by atomic mass is 19.1. The van der Waals surface area contributed by atoms with E-state index < -0.39 is 5.41 Å². The van der Waals surface area contributed by atoms with Crippen LogP contribution in [0, 0.1) is 5.82 Å². The zero-order valence-corrected chi connectivity index (χ0v) is 17.1. The molecule has 0 fully saturated rings. The van der Waals surface area contributed by atoms with Gasteiger partial charge in [0.15, 0.2) is 0 Å². The summed E-state index contributed by atoms with van der Waals surface area (Å²) in [6, 6.07) is 6.69. The third kappa shape index (κ3) is 2.97. The topological polar surface area (TPSA) is 116 Å². The molecule has 8 nitrogen and oxygen atoms in total. The van der Waals surface area contributed by atoms with Crippen LogP contribution in [0.4, 0.5) is 10.4 Å². The van der Waals surface area contributed by atoms with Crippen molar-refractivity contribution in [3.8, 4) is 11.3 Å². The summed E-state index contributed by atoms with van der Waals surface area (Å²) in [4.78, 5) is 16.0. The lowest BCUT2D eigenvalue weighted by Crippen LogP contribution is -2.33. The Morgan fingerprint density at radius 3 is 2.57 bits per heavy atom. The smallest absolute Gasteiger partial charge is 0.312 e. The van der Waals surface area contributed by atoms with Crippen LogP contribution in [0.2, 0.25) is 0 Å². The molecule has 0 unspecified atom stereocenters. The molecule has 0 aliphatic heterocycles. The molecule has 30 heavy (non-hydrogen) atoms. The molecule has 3 heterocycles. The van der Waals surface area contributed by atoms with Crippen LogP contribution in [0.5, 0.6) is 0 Å². The number of hydrogen-bond donors (Lipinski definition) is 2. The summed E-state index contributed by atoms with van der Waals surface area (Å²) in [6.07, 6.45) is 2.66. The van der Waals surface area contributed by atoms with Crippen LogP contribution in [0.1, 0.15) is 45.1 Å². The summed E-state index contributed by atoms with van der Waals surface area (Å²) in [6.45, 7) is 6.45. The van der Waals surface area contributed by atoms with Crippen molar-refractivity contribution in [1.29, 1.82) is 0 Å². The lowest BCUT2D eigenvalue weighted by Gasteiger charge is -2.27. The van der Waals surface area contributed by atoms with Crippen molar-refractivity contribution in [2.75, 3.05) is 5.73 Å². The van der Waals surface area contributed by atoms with Crippen LogP contribution in [0.25, 0.3) is 22.2 Å². The van der Waals surface area contributed by atoms with Gasteiger partial charge >= 0.3 is 6.01 Å². The number of aromatic amines is 1. The van der Waals surface area contributed by atoms with Crippen molar-refractivity contribution >= 4 is 16.9 Å². The fourth-order valence-electron chi connectivity index (χ4n) is 4.04. The minimum Gasteiger partial charge on any atom is -0.407 e. The number of aromatic nitrogens is 5. The average Bonchev–Trinajstić information content (AvgIpc) is 3.37.